The third-order valence-electron chi connectivity index (χ3n) is 5.19. The fourth-order valence-electron chi connectivity index (χ4n) is 3.52. The van der Waals surface area contributed by atoms with Gasteiger partial charge >= 0.3 is 0 Å². The van der Waals surface area contributed by atoms with Crippen molar-refractivity contribution in [2.75, 3.05) is 6.61 Å². The summed E-state index contributed by atoms with van der Waals surface area (Å²) in [6, 6.07) is 21.1. The monoisotopic (exact) mass is 490 g/mol. The van der Waals surface area contributed by atoms with Gasteiger partial charge in [0.15, 0.2) is 11.5 Å². The number of thioether (sulfide) groups is 1. The SMILES string of the molecule is CCOc1cc(/C=C2/SC(=O)N(Cc3ccccc3[N+](=O)[O-])C2=O)ccc1OCc1ccccc1. The van der Waals surface area contributed by atoms with Crippen molar-refractivity contribution in [3.05, 3.63) is 105 Å². The standard InChI is InChI=1S/C26H22N2O6S/c1-2-33-23-14-19(12-13-22(23)34-17-18-8-4-3-5-9-18)15-24-25(29)27(26(30)35-24)16-20-10-6-7-11-21(20)28(31)32/h3-15H,2,16-17H2,1H3/b24-15+. The number of nitro benzene ring substituents is 1. The van der Waals surface area contributed by atoms with Crippen molar-refractivity contribution in [2.24, 2.45) is 0 Å². The number of benzene rings is 3. The number of ether oxygens (including phenoxy) is 2. The van der Waals surface area contributed by atoms with Crippen LogP contribution in [0.3, 0.4) is 0 Å². The molecule has 3 aromatic carbocycles. The molecule has 3 aromatic rings. The zero-order valence-corrected chi connectivity index (χ0v) is 19.7. The molecular formula is C26H22N2O6S. The average molecular weight is 491 g/mol. The second kappa shape index (κ2) is 10.9. The zero-order chi connectivity index (χ0) is 24.8. The van der Waals surface area contributed by atoms with E-state index in [0.29, 0.717) is 35.8 Å². The number of carbonyl (C=O) groups is 2. The first kappa shape index (κ1) is 24.0. The molecule has 2 amide bonds. The van der Waals surface area contributed by atoms with Crippen molar-refractivity contribution in [1.29, 1.82) is 0 Å². The van der Waals surface area contributed by atoms with Crippen LogP contribution in [0.2, 0.25) is 0 Å². The maximum Gasteiger partial charge on any atom is 0.293 e. The Morgan fingerprint density at radius 3 is 2.46 bits per heavy atom. The van der Waals surface area contributed by atoms with E-state index in [1.165, 1.54) is 12.1 Å². The summed E-state index contributed by atoms with van der Waals surface area (Å²) in [6.45, 7) is 2.50. The van der Waals surface area contributed by atoms with E-state index >= 15 is 0 Å². The highest BCUT2D eigenvalue weighted by atomic mass is 32.2. The molecule has 1 saturated heterocycles. The molecule has 0 aromatic heterocycles. The van der Waals surface area contributed by atoms with Crippen LogP contribution in [0.4, 0.5) is 10.5 Å². The average Bonchev–Trinajstić information content (AvgIpc) is 3.12. The lowest BCUT2D eigenvalue weighted by Gasteiger charge is -2.13. The summed E-state index contributed by atoms with van der Waals surface area (Å²) in [4.78, 5) is 37.5. The van der Waals surface area contributed by atoms with Gasteiger partial charge in [0.1, 0.15) is 6.61 Å². The highest BCUT2D eigenvalue weighted by molar-refractivity contribution is 8.18. The molecule has 0 bridgehead atoms. The van der Waals surface area contributed by atoms with Gasteiger partial charge in [0.2, 0.25) is 0 Å². The molecule has 1 aliphatic heterocycles. The van der Waals surface area contributed by atoms with Crippen molar-refractivity contribution in [1.82, 2.24) is 4.90 Å². The first-order valence-electron chi connectivity index (χ1n) is 10.9. The lowest BCUT2D eigenvalue weighted by atomic mass is 10.1. The van der Waals surface area contributed by atoms with Gasteiger partial charge in [-0.2, -0.15) is 0 Å². The number of rotatable bonds is 9. The minimum atomic E-state index is -0.527. The van der Waals surface area contributed by atoms with Gasteiger partial charge in [-0.05, 0) is 48.0 Å². The van der Waals surface area contributed by atoms with Crippen LogP contribution in [0.1, 0.15) is 23.6 Å². The van der Waals surface area contributed by atoms with Gasteiger partial charge in [0.25, 0.3) is 16.8 Å². The van der Waals surface area contributed by atoms with Crippen molar-refractivity contribution < 1.29 is 24.0 Å². The second-order valence-corrected chi connectivity index (χ2v) is 8.56. The van der Waals surface area contributed by atoms with Crippen LogP contribution in [-0.4, -0.2) is 27.6 Å². The summed E-state index contributed by atoms with van der Waals surface area (Å²) in [5, 5.41) is 10.8. The molecule has 0 atom stereocenters. The van der Waals surface area contributed by atoms with Crippen LogP contribution in [0, 0.1) is 10.1 Å². The fourth-order valence-corrected chi connectivity index (χ4v) is 4.36. The zero-order valence-electron chi connectivity index (χ0n) is 18.9. The Labute approximate surface area is 206 Å². The predicted molar refractivity (Wildman–Crippen MR) is 133 cm³/mol. The summed E-state index contributed by atoms with van der Waals surface area (Å²) in [7, 11) is 0. The van der Waals surface area contributed by atoms with Crippen LogP contribution in [0.5, 0.6) is 11.5 Å². The van der Waals surface area contributed by atoms with Crippen LogP contribution < -0.4 is 9.47 Å². The summed E-state index contributed by atoms with van der Waals surface area (Å²) in [5.74, 6) is 0.592. The van der Waals surface area contributed by atoms with Crippen LogP contribution in [-0.2, 0) is 17.9 Å². The van der Waals surface area contributed by atoms with Gasteiger partial charge < -0.3 is 9.47 Å². The van der Waals surface area contributed by atoms with E-state index in [4.69, 9.17) is 9.47 Å². The molecule has 8 nitrogen and oxygen atoms in total. The first-order chi connectivity index (χ1) is 17.0. The molecule has 1 heterocycles. The smallest absolute Gasteiger partial charge is 0.293 e. The van der Waals surface area contributed by atoms with Crippen molar-refractivity contribution in [2.45, 2.75) is 20.1 Å². The summed E-state index contributed by atoms with van der Waals surface area (Å²) in [5.41, 5.74) is 1.84. The molecule has 178 valence electrons. The summed E-state index contributed by atoms with van der Waals surface area (Å²) < 4.78 is 11.6. The highest BCUT2D eigenvalue weighted by Gasteiger charge is 2.36. The highest BCUT2D eigenvalue weighted by Crippen LogP contribution is 2.36. The number of para-hydroxylation sites is 1. The predicted octanol–water partition coefficient (Wildman–Crippen LogP) is 5.81. The van der Waals surface area contributed by atoms with E-state index in [0.717, 1.165) is 22.2 Å². The van der Waals surface area contributed by atoms with E-state index in [1.54, 1.807) is 36.4 Å². The normalized spacial score (nSPS) is 14.4. The van der Waals surface area contributed by atoms with E-state index in [9.17, 15) is 19.7 Å². The summed E-state index contributed by atoms with van der Waals surface area (Å²) in [6.07, 6.45) is 1.60. The van der Waals surface area contributed by atoms with Gasteiger partial charge in [0.05, 0.1) is 23.0 Å². The first-order valence-corrected chi connectivity index (χ1v) is 11.7. The van der Waals surface area contributed by atoms with Crippen molar-refractivity contribution >= 4 is 34.7 Å². The molecule has 4 rings (SSSR count). The Morgan fingerprint density at radius 2 is 1.71 bits per heavy atom. The number of nitrogens with zero attached hydrogens (tertiary/aromatic N) is 2. The second-order valence-electron chi connectivity index (χ2n) is 7.57. The Balaban J connectivity index is 1.53. The molecule has 0 saturated carbocycles. The Kier molecular flexibility index (Phi) is 7.47. The van der Waals surface area contributed by atoms with Crippen molar-refractivity contribution in [3.63, 3.8) is 0 Å². The maximum atomic E-state index is 12.9. The third-order valence-corrected chi connectivity index (χ3v) is 6.10. The van der Waals surface area contributed by atoms with Gasteiger partial charge in [-0.3, -0.25) is 24.6 Å². The fraction of sp³-hybridized carbons (Fsp3) is 0.154. The Morgan fingerprint density at radius 1 is 0.971 bits per heavy atom. The molecular weight excluding hydrogens is 468 g/mol. The van der Waals surface area contributed by atoms with E-state index in [-0.39, 0.29) is 17.1 Å². The molecule has 0 spiro atoms. The number of nitro groups is 1. The molecule has 0 radical (unpaired) electrons. The third kappa shape index (κ3) is 5.70. The minimum Gasteiger partial charge on any atom is -0.490 e. The molecule has 0 aliphatic carbocycles. The number of amides is 2. The molecule has 0 unspecified atom stereocenters. The summed E-state index contributed by atoms with van der Waals surface area (Å²) >= 11 is 0.798. The number of hydrogen-bond acceptors (Lipinski definition) is 7. The maximum absolute atomic E-state index is 12.9. The number of carbonyl (C=O) groups excluding carboxylic acids is 2. The molecule has 35 heavy (non-hydrogen) atoms. The Bertz CT molecular complexity index is 1290. The topological polar surface area (TPSA) is 99.0 Å². The van der Waals surface area contributed by atoms with Gasteiger partial charge in [0, 0.05) is 11.6 Å². The molecule has 9 heteroatoms. The molecule has 1 fully saturated rings. The van der Waals surface area contributed by atoms with Crippen LogP contribution >= 0.6 is 11.8 Å². The quantitative estimate of drug-likeness (QED) is 0.212. The lowest BCUT2D eigenvalue weighted by molar-refractivity contribution is -0.385. The van der Waals surface area contributed by atoms with Crippen LogP contribution in [0.15, 0.2) is 77.7 Å². The van der Waals surface area contributed by atoms with E-state index in [1.807, 2.05) is 37.3 Å². The van der Waals surface area contributed by atoms with E-state index in [2.05, 4.69) is 0 Å². The van der Waals surface area contributed by atoms with Gasteiger partial charge in [-0.15, -0.1) is 0 Å². The lowest BCUT2D eigenvalue weighted by Crippen LogP contribution is -2.27. The molecule has 0 N–H and O–H groups in total. The largest absolute Gasteiger partial charge is 0.490 e. The van der Waals surface area contributed by atoms with Crippen LogP contribution in [0.25, 0.3) is 6.08 Å². The number of hydrogen-bond donors (Lipinski definition) is 0. The molecule has 1 aliphatic rings. The number of imide groups is 1. The van der Waals surface area contributed by atoms with Crippen molar-refractivity contribution in [3.8, 4) is 11.5 Å². The Hall–Kier alpha value is -4.11. The van der Waals surface area contributed by atoms with Gasteiger partial charge in [-0.25, -0.2) is 0 Å². The van der Waals surface area contributed by atoms with Gasteiger partial charge in [-0.1, -0.05) is 54.6 Å². The minimum absolute atomic E-state index is 0.136. The van der Waals surface area contributed by atoms with E-state index < -0.39 is 16.1 Å².